The van der Waals surface area contributed by atoms with Crippen molar-refractivity contribution in [2.75, 3.05) is 6.54 Å². The fourth-order valence-corrected chi connectivity index (χ4v) is 1.51. The Labute approximate surface area is 120 Å². The predicted molar refractivity (Wildman–Crippen MR) is 83.8 cm³/mol. The van der Waals surface area contributed by atoms with E-state index < -0.39 is 0 Å². The second-order valence-corrected chi connectivity index (χ2v) is 4.54. The SMILES string of the molecule is CCNC(=S)N/N=C\c1ccc(O[C@H](C)CC)cc1. The van der Waals surface area contributed by atoms with Crippen LogP contribution in [0.3, 0.4) is 0 Å². The van der Waals surface area contributed by atoms with Gasteiger partial charge in [0, 0.05) is 6.54 Å². The topological polar surface area (TPSA) is 45.7 Å². The third kappa shape index (κ3) is 6.20. The van der Waals surface area contributed by atoms with Gasteiger partial charge in [-0.3, -0.25) is 5.43 Å². The minimum atomic E-state index is 0.235. The molecule has 104 valence electrons. The molecule has 0 aliphatic rings. The first-order valence-corrected chi connectivity index (χ1v) is 6.90. The number of thiocarbonyl (C=S) groups is 1. The highest BCUT2D eigenvalue weighted by atomic mass is 32.1. The summed E-state index contributed by atoms with van der Waals surface area (Å²) >= 11 is 4.99. The Morgan fingerprint density at radius 1 is 1.37 bits per heavy atom. The molecule has 5 heteroatoms. The van der Waals surface area contributed by atoms with E-state index in [9.17, 15) is 0 Å². The number of hydrazone groups is 1. The lowest BCUT2D eigenvalue weighted by Gasteiger charge is -2.12. The van der Waals surface area contributed by atoms with Crippen LogP contribution in [0.15, 0.2) is 29.4 Å². The molecular formula is C14H21N3OS. The summed E-state index contributed by atoms with van der Waals surface area (Å²) < 4.78 is 5.70. The van der Waals surface area contributed by atoms with Crippen LogP contribution < -0.4 is 15.5 Å². The summed E-state index contributed by atoms with van der Waals surface area (Å²) in [4.78, 5) is 0. The van der Waals surface area contributed by atoms with E-state index in [2.05, 4.69) is 29.7 Å². The van der Waals surface area contributed by atoms with Gasteiger partial charge in [-0.2, -0.15) is 5.10 Å². The van der Waals surface area contributed by atoms with Crippen molar-refractivity contribution in [2.24, 2.45) is 5.10 Å². The Hall–Kier alpha value is -1.62. The second-order valence-electron chi connectivity index (χ2n) is 4.14. The predicted octanol–water partition coefficient (Wildman–Crippen LogP) is 2.68. The zero-order chi connectivity index (χ0) is 14.1. The maximum atomic E-state index is 5.70. The summed E-state index contributed by atoms with van der Waals surface area (Å²) in [5.74, 6) is 0.877. The Kier molecular flexibility index (Phi) is 6.89. The first kappa shape index (κ1) is 15.4. The Bertz CT molecular complexity index is 417. The lowest BCUT2D eigenvalue weighted by Crippen LogP contribution is -2.31. The fourth-order valence-electron chi connectivity index (χ4n) is 1.31. The van der Waals surface area contributed by atoms with Crippen molar-refractivity contribution in [1.29, 1.82) is 0 Å². The molecule has 0 fully saturated rings. The highest BCUT2D eigenvalue weighted by molar-refractivity contribution is 7.80. The number of hydrogen-bond donors (Lipinski definition) is 2. The van der Waals surface area contributed by atoms with Crippen LogP contribution in [-0.2, 0) is 0 Å². The van der Waals surface area contributed by atoms with E-state index in [1.165, 1.54) is 0 Å². The van der Waals surface area contributed by atoms with Gasteiger partial charge in [0.05, 0.1) is 12.3 Å². The van der Waals surface area contributed by atoms with Crippen LogP contribution in [0, 0.1) is 0 Å². The summed E-state index contributed by atoms with van der Waals surface area (Å²) in [6, 6.07) is 7.80. The molecule has 1 aromatic rings. The number of hydrogen-bond acceptors (Lipinski definition) is 3. The molecule has 0 aliphatic carbocycles. The van der Waals surface area contributed by atoms with Crippen molar-refractivity contribution in [3.8, 4) is 5.75 Å². The number of rotatable bonds is 6. The Morgan fingerprint density at radius 2 is 2.05 bits per heavy atom. The van der Waals surface area contributed by atoms with Crippen molar-refractivity contribution in [1.82, 2.24) is 10.7 Å². The summed E-state index contributed by atoms with van der Waals surface area (Å²) in [7, 11) is 0. The average Bonchev–Trinajstić information content (AvgIpc) is 2.41. The number of nitrogens with one attached hydrogen (secondary N) is 2. The van der Waals surface area contributed by atoms with E-state index in [0.717, 1.165) is 24.3 Å². The van der Waals surface area contributed by atoms with Gasteiger partial charge in [0.15, 0.2) is 5.11 Å². The molecule has 0 spiro atoms. The molecule has 0 unspecified atom stereocenters. The minimum absolute atomic E-state index is 0.235. The number of nitrogens with zero attached hydrogens (tertiary/aromatic N) is 1. The summed E-state index contributed by atoms with van der Waals surface area (Å²) in [5, 5.41) is 7.53. The quantitative estimate of drug-likeness (QED) is 0.477. The minimum Gasteiger partial charge on any atom is -0.491 e. The largest absolute Gasteiger partial charge is 0.491 e. The van der Waals surface area contributed by atoms with Gasteiger partial charge in [-0.15, -0.1) is 0 Å². The van der Waals surface area contributed by atoms with Crippen LogP contribution in [0.1, 0.15) is 32.8 Å². The van der Waals surface area contributed by atoms with E-state index in [0.29, 0.717) is 5.11 Å². The molecule has 1 aromatic carbocycles. The molecule has 1 rings (SSSR count). The molecule has 0 heterocycles. The molecule has 2 N–H and O–H groups in total. The van der Waals surface area contributed by atoms with Crippen LogP contribution in [0.4, 0.5) is 0 Å². The van der Waals surface area contributed by atoms with Gasteiger partial charge in [-0.25, -0.2) is 0 Å². The maximum absolute atomic E-state index is 5.70. The third-order valence-corrected chi connectivity index (χ3v) is 2.74. The van der Waals surface area contributed by atoms with Gasteiger partial charge in [-0.1, -0.05) is 6.92 Å². The molecular weight excluding hydrogens is 258 g/mol. The van der Waals surface area contributed by atoms with Crippen molar-refractivity contribution < 1.29 is 4.74 Å². The van der Waals surface area contributed by atoms with Gasteiger partial charge < -0.3 is 10.1 Å². The molecule has 0 aromatic heterocycles. The average molecular weight is 279 g/mol. The van der Waals surface area contributed by atoms with Crippen molar-refractivity contribution in [2.45, 2.75) is 33.3 Å². The lowest BCUT2D eigenvalue weighted by atomic mass is 10.2. The lowest BCUT2D eigenvalue weighted by molar-refractivity contribution is 0.217. The second kappa shape index (κ2) is 8.48. The van der Waals surface area contributed by atoms with Crippen molar-refractivity contribution in [3.05, 3.63) is 29.8 Å². The van der Waals surface area contributed by atoms with E-state index in [4.69, 9.17) is 17.0 Å². The van der Waals surface area contributed by atoms with Gasteiger partial charge in [-0.05, 0) is 62.3 Å². The first-order chi connectivity index (χ1) is 9.15. The smallest absolute Gasteiger partial charge is 0.186 e. The van der Waals surface area contributed by atoms with E-state index in [-0.39, 0.29) is 6.10 Å². The Balaban J connectivity index is 2.47. The summed E-state index contributed by atoms with van der Waals surface area (Å²) in [6.45, 7) is 6.92. The van der Waals surface area contributed by atoms with Crippen molar-refractivity contribution >= 4 is 23.5 Å². The van der Waals surface area contributed by atoms with Gasteiger partial charge in [0.2, 0.25) is 0 Å². The normalized spacial score (nSPS) is 12.2. The molecule has 0 saturated heterocycles. The molecule has 0 amide bonds. The van der Waals surface area contributed by atoms with Crippen LogP contribution in [0.5, 0.6) is 5.75 Å². The highest BCUT2D eigenvalue weighted by Crippen LogP contribution is 2.13. The summed E-state index contributed by atoms with van der Waals surface area (Å²) in [6.07, 6.45) is 2.95. The molecule has 0 saturated carbocycles. The molecule has 1 atom stereocenters. The fraction of sp³-hybridized carbons (Fsp3) is 0.429. The highest BCUT2D eigenvalue weighted by Gasteiger charge is 2.00. The van der Waals surface area contributed by atoms with Gasteiger partial charge in [0.1, 0.15) is 5.75 Å². The van der Waals surface area contributed by atoms with Crippen molar-refractivity contribution in [3.63, 3.8) is 0 Å². The van der Waals surface area contributed by atoms with Gasteiger partial charge in [0.25, 0.3) is 0 Å². The van der Waals surface area contributed by atoms with E-state index in [1.807, 2.05) is 31.2 Å². The first-order valence-electron chi connectivity index (χ1n) is 6.49. The zero-order valence-electron chi connectivity index (χ0n) is 11.6. The molecule has 0 aliphatic heterocycles. The third-order valence-electron chi connectivity index (χ3n) is 2.51. The van der Waals surface area contributed by atoms with Crippen LogP contribution in [0.2, 0.25) is 0 Å². The standard InChI is InChI=1S/C14H21N3OS/c1-4-11(3)18-13-8-6-12(7-9-13)10-16-17-14(19)15-5-2/h6-11H,4-5H2,1-3H3,(H2,15,17,19)/b16-10-/t11-/m1/s1. The molecule has 0 radical (unpaired) electrons. The number of benzene rings is 1. The molecule has 19 heavy (non-hydrogen) atoms. The zero-order valence-corrected chi connectivity index (χ0v) is 12.5. The monoisotopic (exact) mass is 279 g/mol. The molecule has 4 nitrogen and oxygen atoms in total. The van der Waals surface area contributed by atoms with E-state index >= 15 is 0 Å². The number of ether oxygens (including phenoxy) is 1. The maximum Gasteiger partial charge on any atom is 0.186 e. The van der Waals surface area contributed by atoms with Crippen LogP contribution in [-0.4, -0.2) is 24.0 Å². The summed E-state index contributed by atoms with van der Waals surface area (Å²) in [5.41, 5.74) is 3.74. The van der Waals surface area contributed by atoms with Crippen LogP contribution in [0.25, 0.3) is 0 Å². The Morgan fingerprint density at radius 3 is 2.63 bits per heavy atom. The van der Waals surface area contributed by atoms with E-state index in [1.54, 1.807) is 6.21 Å². The molecule has 0 bridgehead atoms. The van der Waals surface area contributed by atoms with Crippen LogP contribution >= 0.6 is 12.2 Å². The van der Waals surface area contributed by atoms with Gasteiger partial charge >= 0.3 is 0 Å².